The van der Waals surface area contributed by atoms with Crippen molar-refractivity contribution in [1.82, 2.24) is 0 Å². The van der Waals surface area contributed by atoms with Crippen LogP contribution in [0.4, 0.5) is 0 Å². The van der Waals surface area contributed by atoms with Gasteiger partial charge in [-0.3, -0.25) is 14.4 Å². The van der Waals surface area contributed by atoms with Gasteiger partial charge in [-0.05, 0) is 109 Å². The molecule has 0 aromatic rings. The molecule has 0 aliphatic rings. The molecule has 0 aromatic carbocycles. The Morgan fingerprint density at radius 2 is 0.527 bits per heavy atom. The molecule has 420 valence electrons. The average molecular weight is 1030 g/mol. The summed E-state index contributed by atoms with van der Waals surface area (Å²) in [6.45, 7) is 6.36. The molecule has 0 bridgehead atoms. The predicted molar refractivity (Wildman–Crippen MR) is 320 cm³/mol. The minimum atomic E-state index is -0.800. The van der Waals surface area contributed by atoms with Gasteiger partial charge in [0.25, 0.3) is 0 Å². The Morgan fingerprint density at radius 1 is 0.284 bits per heavy atom. The number of carbonyl (C=O) groups is 3. The highest BCUT2D eigenvalue weighted by Gasteiger charge is 2.19. The van der Waals surface area contributed by atoms with E-state index in [0.717, 1.165) is 116 Å². The van der Waals surface area contributed by atoms with E-state index < -0.39 is 6.10 Å². The zero-order chi connectivity index (χ0) is 53.6. The van der Waals surface area contributed by atoms with Crippen molar-refractivity contribution in [3.63, 3.8) is 0 Å². The third kappa shape index (κ3) is 58.7. The fourth-order valence-corrected chi connectivity index (χ4v) is 8.20. The van der Waals surface area contributed by atoms with Crippen LogP contribution in [-0.2, 0) is 28.6 Å². The Labute approximate surface area is 456 Å². The molecule has 0 fully saturated rings. The smallest absolute Gasteiger partial charge is 0.306 e. The number of unbranched alkanes of at least 4 members (excludes halogenated alkanes) is 23. The summed E-state index contributed by atoms with van der Waals surface area (Å²) in [5.41, 5.74) is 0. The molecule has 0 saturated heterocycles. The van der Waals surface area contributed by atoms with Crippen LogP contribution in [0.25, 0.3) is 0 Å². The first-order valence-corrected chi connectivity index (χ1v) is 30.5. The third-order valence-electron chi connectivity index (χ3n) is 12.7. The molecule has 0 heterocycles. The number of hydrogen-bond donors (Lipinski definition) is 0. The van der Waals surface area contributed by atoms with Crippen molar-refractivity contribution in [2.24, 2.45) is 0 Å². The van der Waals surface area contributed by atoms with Crippen LogP contribution in [-0.4, -0.2) is 37.2 Å². The van der Waals surface area contributed by atoms with E-state index in [0.29, 0.717) is 19.3 Å². The molecule has 0 radical (unpaired) electrons. The molecule has 1 atom stereocenters. The van der Waals surface area contributed by atoms with Gasteiger partial charge < -0.3 is 14.2 Å². The molecule has 0 aromatic heterocycles. The highest BCUT2D eigenvalue weighted by molar-refractivity contribution is 5.71. The lowest BCUT2D eigenvalue weighted by Gasteiger charge is -2.18. The van der Waals surface area contributed by atoms with Crippen LogP contribution in [0.1, 0.15) is 271 Å². The molecule has 0 N–H and O–H groups in total. The van der Waals surface area contributed by atoms with Crippen molar-refractivity contribution in [2.45, 2.75) is 277 Å². The zero-order valence-electron chi connectivity index (χ0n) is 48.1. The van der Waals surface area contributed by atoms with Crippen LogP contribution in [0.3, 0.4) is 0 Å². The molecular formula is C68H112O6. The normalized spacial score (nSPS) is 13.0. The van der Waals surface area contributed by atoms with E-state index in [-0.39, 0.29) is 37.5 Å². The molecule has 74 heavy (non-hydrogen) atoms. The lowest BCUT2D eigenvalue weighted by molar-refractivity contribution is -0.167. The first-order valence-electron chi connectivity index (χ1n) is 30.5. The van der Waals surface area contributed by atoms with Crippen molar-refractivity contribution in [2.75, 3.05) is 13.2 Å². The molecule has 1 unspecified atom stereocenters. The van der Waals surface area contributed by atoms with Gasteiger partial charge in [-0.1, -0.05) is 264 Å². The van der Waals surface area contributed by atoms with Crippen LogP contribution in [0.2, 0.25) is 0 Å². The highest BCUT2D eigenvalue weighted by Crippen LogP contribution is 2.15. The number of ether oxygens (including phenoxy) is 3. The number of rotatable bonds is 54. The average Bonchev–Trinajstić information content (AvgIpc) is 3.40. The molecule has 6 heteroatoms. The molecule has 0 spiro atoms. The first kappa shape index (κ1) is 69.8. The summed E-state index contributed by atoms with van der Waals surface area (Å²) in [7, 11) is 0. The molecular weight excluding hydrogens is 913 g/mol. The Balaban J connectivity index is 4.22. The van der Waals surface area contributed by atoms with Gasteiger partial charge in [0.1, 0.15) is 13.2 Å². The van der Waals surface area contributed by atoms with Gasteiger partial charge in [0.15, 0.2) is 6.10 Å². The van der Waals surface area contributed by atoms with E-state index in [1.807, 2.05) is 0 Å². The number of hydrogen-bond acceptors (Lipinski definition) is 6. The van der Waals surface area contributed by atoms with Gasteiger partial charge in [-0.15, -0.1) is 0 Å². The highest BCUT2D eigenvalue weighted by atomic mass is 16.6. The van der Waals surface area contributed by atoms with Crippen LogP contribution in [0, 0.1) is 0 Å². The Hall–Kier alpha value is -4.19. The maximum Gasteiger partial charge on any atom is 0.306 e. The monoisotopic (exact) mass is 1020 g/mol. The minimum Gasteiger partial charge on any atom is -0.462 e. The van der Waals surface area contributed by atoms with Crippen LogP contribution in [0.15, 0.2) is 122 Å². The fraction of sp³-hybridized carbons (Fsp3) is 0.662. The number of carbonyl (C=O) groups excluding carboxylic acids is 3. The maximum atomic E-state index is 12.8. The second-order valence-electron chi connectivity index (χ2n) is 19.9. The van der Waals surface area contributed by atoms with Crippen molar-refractivity contribution >= 4 is 17.9 Å². The third-order valence-corrected chi connectivity index (χ3v) is 12.7. The second-order valence-corrected chi connectivity index (χ2v) is 19.9. The fourth-order valence-electron chi connectivity index (χ4n) is 8.20. The van der Waals surface area contributed by atoms with E-state index in [9.17, 15) is 14.4 Å². The second kappa shape index (κ2) is 61.4. The molecule has 0 saturated carbocycles. The van der Waals surface area contributed by atoms with E-state index in [1.54, 1.807) is 0 Å². The SMILES string of the molecule is CC/C=C\C/C=C\C/C=C\C/C=C\C/C=C\C/C=C\CCCCCCCCCCCCCCC(=O)OCC(COC(=O)CCCCCCCCCCCC)OC(=O)CCCC/C=C\C/C=C\C/C=C\C/C=C\CC. The van der Waals surface area contributed by atoms with Gasteiger partial charge in [0.2, 0.25) is 0 Å². The Kier molecular flexibility index (Phi) is 57.9. The van der Waals surface area contributed by atoms with E-state index in [2.05, 4.69) is 142 Å². The topological polar surface area (TPSA) is 78.9 Å². The van der Waals surface area contributed by atoms with Crippen LogP contribution < -0.4 is 0 Å². The summed E-state index contributed by atoms with van der Waals surface area (Å²) in [6, 6.07) is 0. The summed E-state index contributed by atoms with van der Waals surface area (Å²) in [5, 5.41) is 0. The summed E-state index contributed by atoms with van der Waals surface area (Å²) in [6.07, 6.45) is 85.0. The molecule has 0 aliphatic carbocycles. The van der Waals surface area contributed by atoms with Crippen molar-refractivity contribution in [1.29, 1.82) is 0 Å². The molecule has 0 amide bonds. The predicted octanol–water partition coefficient (Wildman–Crippen LogP) is 20.8. The number of allylic oxidation sites excluding steroid dienone is 20. The standard InChI is InChI=1S/C68H112O6/c1-4-7-10-13-16-19-22-24-26-27-28-29-30-31-32-33-34-35-36-37-38-39-40-41-43-44-46-49-52-55-58-61-67(70)73-64-65(63-72-66(69)60-57-54-51-48-21-18-15-12-9-6-3)74-68(71)62-59-56-53-50-47-45-42-25-23-20-17-14-11-8-5-2/h7-8,10-11,16-17,19-20,24-26,28-29,31-32,34-35,42,47,50,65H,4-6,9,12-15,18,21-23,27,30,33,36-41,43-46,48-49,51-64H2,1-3H3/b10-7-,11-8-,19-16-,20-17-,26-24-,29-28-,32-31-,35-34-,42-25-,50-47-. The number of esters is 3. The van der Waals surface area contributed by atoms with Crippen LogP contribution >= 0.6 is 0 Å². The lowest BCUT2D eigenvalue weighted by atomic mass is 10.0. The summed E-state index contributed by atoms with van der Waals surface area (Å²) >= 11 is 0. The minimum absolute atomic E-state index is 0.0946. The lowest BCUT2D eigenvalue weighted by Crippen LogP contribution is -2.30. The van der Waals surface area contributed by atoms with E-state index in [1.165, 1.54) is 109 Å². The van der Waals surface area contributed by atoms with Crippen molar-refractivity contribution in [3.8, 4) is 0 Å². The van der Waals surface area contributed by atoms with Gasteiger partial charge in [0.05, 0.1) is 0 Å². The quantitative estimate of drug-likeness (QED) is 0.0261. The van der Waals surface area contributed by atoms with Crippen molar-refractivity contribution in [3.05, 3.63) is 122 Å². The summed E-state index contributed by atoms with van der Waals surface area (Å²) in [4.78, 5) is 38.1. The molecule has 6 nitrogen and oxygen atoms in total. The maximum absolute atomic E-state index is 12.8. The van der Waals surface area contributed by atoms with E-state index >= 15 is 0 Å². The van der Waals surface area contributed by atoms with Gasteiger partial charge in [-0.25, -0.2) is 0 Å². The van der Waals surface area contributed by atoms with E-state index in [4.69, 9.17) is 14.2 Å². The summed E-state index contributed by atoms with van der Waals surface area (Å²) < 4.78 is 16.8. The Morgan fingerprint density at radius 3 is 0.851 bits per heavy atom. The first-order chi connectivity index (χ1) is 36.5. The van der Waals surface area contributed by atoms with Gasteiger partial charge >= 0.3 is 17.9 Å². The van der Waals surface area contributed by atoms with Gasteiger partial charge in [0, 0.05) is 19.3 Å². The summed E-state index contributed by atoms with van der Waals surface area (Å²) in [5.74, 6) is -0.939. The van der Waals surface area contributed by atoms with Crippen molar-refractivity contribution < 1.29 is 28.6 Å². The molecule has 0 rings (SSSR count). The largest absolute Gasteiger partial charge is 0.462 e. The Bertz CT molecular complexity index is 1550. The van der Waals surface area contributed by atoms with Crippen LogP contribution in [0.5, 0.6) is 0 Å². The molecule has 0 aliphatic heterocycles. The van der Waals surface area contributed by atoms with Gasteiger partial charge in [-0.2, -0.15) is 0 Å². The zero-order valence-corrected chi connectivity index (χ0v) is 48.1.